The zero-order valence-electron chi connectivity index (χ0n) is 10.4. The molecule has 0 fully saturated rings. The molecule has 0 aliphatic rings. The van der Waals surface area contributed by atoms with E-state index >= 15 is 0 Å². The number of oxazole rings is 1. The number of amides is 1. The van der Waals surface area contributed by atoms with E-state index in [1.165, 1.54) is 0 Å². The van der Waals surface area contributed by atoms with Crippen molar-refractivity contribution in [3.8, 4) is 0 Å². The summed E-state index contributed by atoms with van der Waals surface area (Å²) in [5.41, 5.74) is 0.677. The summed E-state index contributed by atoms with van der Waals surface area (Å²) < 4.78 is 10.0. The number of hydrogen-bond acceptors (Lipinski definition) is 4. The lowest BCUT2D eigenvalue weighted by atomic mass is 10.2. The van der Waals surface area contributed by atoms with Crippen LogP contribution in [0.15, 0.2) is 27.4 Å². The van der Waals surface area contributed by atoms with E-state index in [0.29, 0.717) is 16.8 Å². The molecule has 2 N–H and O–H groups in total. The average molecular weight is 250 g/mol. The van der Waals surface area contributed by atoms with Crippen LogP contribution in [0.5, 0.6) is 0 Å². The van der Waals surface area contributed by atoms with E-state index in [-0.39, 0.29) is 0 Å². The highest BCUT2D eigenvalue weighted by atomic mass is 16.6. The van der Waals surface area contributed by atoms with Gasteiger partial charge in [-0.3, -0.25) is 10.3 Å². The largest absolute Gasteiger partial charge is 0.444 e. The molecule has 2 aromatic rings. The van der Waals surface area contributed by atoms with Gasteiger partial charge in [-0.05, 0) is 32.9 Å². The number of aromatic nitrogens is 1. The number of hydrogen-bond donors (Lipinski definition) is 2. The van der Waals surface area contributed by atoms with Gasteiger partial charge >= 0.3 is 11.8 Å². The minimum atomic E-state index is -0.586. The van der Waals surface area contributed by atoms with Crippen molar-refractivity contribution in [1.82, 2.24) is 4.98 Å². The van der Waals surface area contributed by atoms with E-state index < -0.39 is 17.5 Å². The highest BCUT2D eigenvalue weighted by Crippen LogP contribution is 2.20. The molecule has 1 amide bonds. The van der Waals surface area contributed by atoms with E-state index in [0.717, 1.165) is 0 Å². The molecule has 0 aliphatic heterocycles. The summed E-state index contributed by atoms with van der Waals surface area (Å²) in [6, 6.07) is 4.96. The van der Waals surface area contributed by atoms with Crippen LogP contribution in [0.25, 0.3) is 11.1 Å². The summed E-state index contributed by atoms with van der Waals surface area (Å²) in [6.45, 7) is 5.31. The first-order chi connectivity index (χ1) is 8.35. The van der Waals surface area contributed by atoms with Crippen molar-refractivity contribution >= 4 is 22.9 Å². The first kappa shape index (κ1) is 12.2. The van der Waals surface area contributed by atoms with Gasteiger partial charge in [0.1, 0.15) is 11.1 Å². The van der Waals surface area contributed by atoms with Crippen molar-refractivity contribution < 1.29 is 13.9 Å². The van der Waals surface area contributed by atoms with Crippen LogP contribution in [-0.4, -0.2) is 16.7 Å². The predicted octanol–water partition coefficient (Wildman–Crippen LogP) is 2.47. The summed E-state index contributed by atoms with van der Waals surface area (Å²) >= 11 is 0. The van der Waals surface area contributed by atoms with Gasteiger partial charge in [-0.25, -0.2) is 9.59 Å². The molecule has 2 rings (SSSR count). The molecule has 0 bridgehead atoms. The Morgan fingerprint density at radius 1 is 1.39 bits per heavy atom. The third-order valence-electron chi connectivity index (χ3n) is 2.09. The van der Waals surface area contributed by atoms with Gasteiger partial charge in [0.25, 0.3) is 0 Å². The maximum Gasteiger partial charge on any atom is 0.417 e. The second-order valence-corrected chi connectivity index (χ2v) is 4.82. The van der Waals surface area contributed by atoms with Crippen LogP contribution in [0.3, 0.4) is 0 Å². The molecule has 6 nitrogen and oxygen atoms in total. The molecule has 0 radical (unpaired) electrons. The zero-order chi connectivity index (χ0) is 13.3. The topological polar surface area (TPSA) is 84.3 Å². The summed E-state index contributed by atoms with van der Waals surface area (Å²) in [6.07, 6.45) is -0.586. The van der Waals surface area contributed by atoms with Crippen molar-refractivity contribution in [2.75, 3.05) is 5.32 Å². The Morgan fingerprint density at radius 2 is 2.11 bits per heavy atom. The number of H-pyrrole nitrogens is 1. The molecule has 0 spiro atoms. The first-order valence-corrected chi connectivity index (χ1v) is 5.47. The second-order valence-electron chi connectivity index (χ2n) is 4.82. The normalized spacial score (nSPS) is 11.5. The number of para-hydroxylation sites is 1. The van der Waals surface area contributed by atoms with Crippen molar-refractivity contribution in [2.45, 2.75) is 26.4 Å². The van der Waals surface area contributed by atoms with Gasteiger partial charge in [-0.2, -0.15) is 0 Å². The van der Waals surface area contributed by atoms with Gasteiger partial charge in [0.05, 0.1) is 5.69 Å². The van der Waals surface area contributed by atoms with E-state index in [4.69, 9.17) is 9.15 Å². The monoisotopic (exact) mass is 250 g/mol. The summed E-state index contributed by atoms with van der Waals surface area (Å²) in [4.78, 5) is 25.2. The lowest BCUT2D eigenvalue weighted by molar-refractivity contribution is 0.0636. The number of carbonyl (C=O) groups excluding carboxylic acids is 1. The predicted molar refractivity (Wildman–Crippen MR) is 66.7 cm³/mol. The fraction of sp³-hybridized carbons (Fsp3) is 0.333. The van der Waals surface area contributed by atoms with Gasteiger partial charge < -0.3 is 9.15 Å². The molecule has 0 unspecified atom stereocenters. The molecule has 96 valence electrons. The van der Waals surface area contributed by atoms with Crippen LogP contribution in [0.2, 0.25) is 0 Å². The number of rotatable bonds is 1. The lowest BCUT2D eigenvalue weighted by Crippen LogP contribution is -2.27. The maximum absolute atomic E-state index is 11.6. The van der Waals surface area contributed by atoms with Gasteiger partial charge in [0.2, 0.25) is 0 Å². The number of ether oxygens (including phenoxy) is 1. The van der Waals surface area contributed by atoms with Crippen LogP contribution in [-0.2, 0) is 4.74 Å². The fourth-order valence-corrected chi connectivity index (χ4v) is 1.49. The highest BCUT2D eigenvalue weighted by Gasteiger charge is 2.17. The summed E-state index contributed by atoms with van der Waals surface area (Å²) in [5.74, 6) is -0.566. The zero-order valence-corrected chi connectivity index (χ0v) is 10.4. The van der Waals surface area contributed by atoms with Crippen molar-refractivity contribution in [2.24, 2.45) is 0 Å². The second kappa shape index (κ2) is 4.21. The molecule has 0 saturated heterocycles. The standard InChI is InChI=1S/C12H14N2O4/c1-12(2,3)18-11(16)13-7-5-4-6-8-9(7)14-10(15)17-8/h4-6H,1-3H3,(H,13,16)(H,14,15). The molecular weight excluding hydrogens is 236 g/mol. The first-order valence-electron chi connectivity index (χ1n) is 5.47. The van der Waals surface area contributed by atoms with Gasteiger partial charge in [0.15, 0.2) is 5.58 Å². The molecule has 0 saturated carbocycles. The maximum atomic E-state index is 11.6. The lowest BCUT2D eigenvalue weighted by Gasteiger charge is -2.19. The van der Waals surface area contributed by atoms with Crippen LogP contribution in [0.4, 0.5) is 10.5 Å². The quantitative estimate of drug-likeness (QED) is 0.814. The number of carbonyl (C=O) groups is 1. The molecule has 0 aliphatic carbocycles. The number of anilines is 1. The number of benzene rings is 1. The Kier molecular flexibility index (Phi) is 2.86. The van der Waals surface area contributed by atoms with Crippen molar-refractivity contribution in [3.05, 3.63) is 28.7 Å². The molecule has 1 heterocycles. The van der Waals surface area contributed by atoms with E-state index in [1.54, 1.807) is 39.0 Å². The van der Waals surface area contributed by atoms with E-state index in [9.17, 15) is 9.59 Å². The Balaban J connectivity index is 2.27. The molecule has 1 aromatic heterocycles. The van der Waals surface area contributed by atoms with Crippen LogP contribution in [0.1, 0.15) is 20.8 Å². The molecule has 6 heteroatoms. The van der Waals surface area contributed by atoms with Crippen LogP contribution >= 0.6 is 0 Å². The SMILES string of the molecule is CC(C)(C)OC(=O)Nc1cccc2oc(=O)[nH]c12. The third kappa shape index (κ3) is 2.71. The van der Waals surface area contributed by atoms with E-state index in [1.807, 2.05) is 0 Å². The smallest absolute Gasteiger partial charge is 0.417 e. The van der Waals surface area contributed by atoms with Crippen LogP contribution < -0.4 is 11.1 Å². The summed E-state index contributed by atoms with van der Waals surface area (Å²) in [7, 11) is 0. The third-order valence-corrected chi connectivity index (χ3v) is 2.09. The van der Waals surface area contributed by atoms with Gasteiger partial charge in [0, 0.05) is 0 Å². The Morgan fingerprint density at radius 3 is 2.78 bits per heavy atom. The minimum Gasteiger partial charge on any atom is -0.444 e. The average Bonchev–Trinajstić information content (AvgIpc) is 2.56. The molecular formula is C12H14N2O4. The van der Waals surface area contributed by atoms with Crippen molar-refractivity contribution in [3.63, 3.8) is 0 Å². The highest BCUT2D eigenvalue weighted by molar-refractivity contribution is 5.95. The minimum absolute atomic E-state index is 0.383. The van der Waals surface area contributed by atoms with Gasteiger partial charge in [-0.1, -0.05) is 6.07 Å². The molecule has 18 heavy (non-hydrogen) atoms. The number of fused-ring (bicyclic) bond motifs is 1. The van der Waals surface area contributed by atoms with Crippen molar-refractivity contribution in [1.29, 1.82) is 0 Å². The Bertz CT molecular complexity index is 633. The number of nitrogens with one attached hydrogen (secondary N) is 2. The van der Waals surface area contributed by atoms with E-state index in [2.05, 4.69) is 10.3 Å². The fourth-order valence-electron chi connectivity index (χ4n) is 1.49. The van der Waals surface area contributed by atoms with Crippen LogP contribution in [0, 0.1) is 0 Å². The van der Waals surface area contributed by atoms with Gasteiger partial charge in [-0.15, -0.1) is 0 Å². The molecule has 0 atom stereocenters. The Hall–Kier alpha value is -2.24. The Labute approximate surface area is 103 Å². The molecule has 1 aromatic carbocycles. The number of aromatic amines is 1. The summed E-state index contributed by atoms with van der Waals surface area (Å²) in [5, 5.41) is 2.56.